The average Bonchev–Trinajstić information content (AvgIpc) is 3.09. The van der Waals surface area contributed by atoms with E-state index < -0.39 is 0 Å². The molecule has 2 bridgehead atoms. The standard InChI is InChI=1S/C19H26N2O/c1-19(2,3)17-8-6-14(7-9-17)18(22)21-20-12-16-11-13-4-5-15(16)10-13/h6-9,12-13,15-16H,4-5,10-11H2,1-3H3,(H,21,22)/b20-12-/t13-,15-,16+/m0/s1. The summed E-state index contributed by atoms with van der Waals surface area (Å²) in [6, 6.07) is 7.80. The molecule has 0 aliphatic heterocycles. The molecule has 1 N–H and O–H groups in total. The molecule has 3 nitrogen and oxygen atoms in total. The Labute approximate surface area is 133 Å². The first kappa shape index (κ1) is 15.3. The monoisotopic (exact) mass is 298 g/mol. The highest BCUT2D eigenvalue weighted by Gasteiger charge is 2.38. The summed E-state index contributed by atoms with van der Waals surface area (Å²) in [6.07, 6.45) is 7.31. The first-order chi connectivity index (χ1) is 10.4. The highest BCUT2D eigenvalue weighted by Crippen LogP contribution is 2.47. The van der Waals surface area contributed by atoms with Crippen LogP contribution in [0, 0.1) is 17.8 Å². The Morgan fingerprint density at radius 1 is 1.18 bits per heavy atom. The Balaban J connectivity index is 1.56. The molecule has 3 rings (SSSR count). The fraction of sp³-hybridized carbons (Fsp3) is 0.579. The van der Waals surface area contributed by atoms with Gasteiger partial charge in [0.25, 0.3) is 5.91 Å². The fourth-order valence-corrected chi connectivity index (χ4v) is 3.85. The molecule has 118 valence electrons. The van der Waals surface area contributed by atoms with Crippen molar-refractivity contribution in [3.8, 4) is 0 Å². The Morgan fingerprint density at radius 2 is 1.91 bits per heavy atom. The molecular formula is C19H26N2O. The molecule has 2 fully saturated rings. The number of hydrogen-bond acceptors (Lipinski definition) is 2. The van der Waals surface area contributed by atoms with Gasteiger partial charge in [-0.15, -0.1) is 0 Å². The van der Waals surface area contributed by atoms with Gasteiger partial charge in [-0.05, 0) is 60.1 Å². The van der Waals surface area contributed by atoms with Crippen LogP contribution in [0.5, 0.6) is 0 Å². The van der Waals surface area contributed by atoms with Gasteiger partial charge in [-0.3, -0.25) is 4.79 Å². The molecule has 2 saturated carbocycles. The lowest BCUT2D eigenvalue weighted by Crippen LogP contribution is -2.20. The Kier molecular flexibility index (Phi) is 4.07. The van der Waals surface area contributed by atoms with E-state index in [2.05, 4.69) is 31.3 Å². The minimum atomic E-state index is -0.125. The lowest BCUT2D eigenvalue weighted by atomic mass is 9.87. The van der Waals surface area contributed by atoms with Gasteiger partial charge >= 0.3 is 0 Å². The molecule has 0 saturated heterocycles. The van der Waals surface area contributed by atoms with Gasteiger partial charge in [0.05, 0.1) is 0 Å². The average molecular weight is 298 g/mol. The summed E-state index contributed by atoms with van der Waals surface area (Å²) in [5.41, 5.74) is 4.68. The maximum absolute atomic E-state index is 12.1. The van der Waals surface area contributed by atoms with E-state index in [0.29, 0.717) is 11.5 Å². The molecule has 1 amide bonds. The van der Waals surface area contributed by atoms with Crippen molar-refractivity contribution in [2.75, 3.05) is 0 Å². The summed E-state index contributed by atoms with van der Waals surface area (Å²) in [5, 5.41) is 4.20. The van der Waals surface area contributed by atoms with E-state index in [9.17, 15) is 4.79 Å². The summed E-state index contributed by atoms with van der Waals surface area (Å²) in [4.78, 5) is 12.1. The van der Waals surface area contributed by atoms with E-state index >= 15 is 0 Å². The van der Waals surface area contributed by atoms with Gasteiger partial charge in [-0.1, -0.05) is 39.3 Å². The van der Waals surface area contributed by atoms with Crippen LogP contribution in [-0.2, 0) is 5.41 Å². The third kappa shape index (κ3) is 3.23. The molecule has 0 radical (unpaired) electrons. The topological polar surface area (TPSA) is 41.5 Å². The van der Waals surface area contributed by atoms with E-state index in [0.717, 1.165) is 11.8 Å². The largest absolute Gasteiger partial charge is 0.271 e. The fourth-order valence-electron chi connectivity index (χ4n) is 3.85. The van der Waals surface area contributed by atoms with Crippen molar-refractivity contribution in [2.24, 2.45) is 22.9 Å². The molecule has 0 heterocycles. The van der Waals surface area contributed by atoms with Crippen LogP contribution in [0.2, 0.25) is 0 Å². The number of carbonyl (C=O) groups excluding carboxylic acids is 1. The smallest absolute Gasteiger partial charge is 0.267 e. The second kappa shape index (κ2) is 5.86. The number of carbonyl (C=O) groups is 1. The second-order valence-electron chi connectivity index (χ2n) is 7.89. The second-order valence-corrected chi connectivity index (χ2v) is 7.89. The van der Waals surface area contributed by atoms with Crippen LogP contribution < -0.4 is 5.43 Å². The number of hydrazone groups is 1. The molecule has 22 heavy (non-hydrogen) atoms. The molecule has 1 aromatic rings. The molecule has 0 spiro atoms. The van der Waals surface area contributed by atoms with E-state index in [1.165, 1.54) is 31.2 Å². The number of hydrogen-bond donors (Lipinski definition) is 1. The van der Waals surface area contributed by atoms with Crippen LogP contribution >= 0.6 is 0 Å². The normalized spacial score (nSPS) is 27.5. The third-order valence-electron chi connectivity index (χ3n) is 5.24. The predicted molar refractivity (Wildman–Crippen MR) is 90.0 cm³/mol. The van der Waals surface area contributed by atoms with Crippen molar-refractivity contribution in [3.63, 3.8) is 0 Å². The number of nitrogens with one attached hydrogen (secondary N) is 1. The van der Waals surface area contributed by atoms with Crippen LogP contribution in [0.25, 0.3) is 0 Å². The maximum atomic E-state index is 12.1. The number of rotatable bonds is 3. The van der Waals surface area contributed by atoms with Gasteiger partial charge in [0.15, 0.2) is 0 Å². The van der Waals surface area contributed by atoms with Gasteiger partial charge in [0.1, 0.15) is 0 Å². The number of nitrogens with zero attached hydrogens (tertiary/aromatic N) is 1. The van der Waals surface area contributed by atoms with Gasteiger partial charge in [0.2, 0.25) is 0 Å². The number of benzene rings is 1. The van der Waals surface area contributed by atoms with Crippen LogP contribution in [0.15, 0.2) is 29.4 Å². The minimum absolute atomic E-state index is 0.106. The predicted octanol–water partition coefficient (Wildman–Crippen LogP) is 4.14. The van der Waals surface area contributed by atoms with Gasteiger partial charge in [-0.2, -0.15) is 5.10 Å². The summed E-state index contributed by atoms with van der Waals surface area (Å²) in [6.45, 7) is 6.51. The number of amides is 1. The van der Waals surface area contributed by atoms with Gasteiger partial charge < -0.3 is 0 Å². The van der Waals surface area contributed by atoms with Crippen LogP contribution in [0.4, 0.5) is 0 Å². The third-order valence-corrected chi connectivity index (χ3v) is 5.24. The summed E-state index contributed by atoms with van der Waals surface area (Å²) < 4.78 is 0. The summed E-state index contributed by atoms with van der Waals surface area (Å²) in [7, 11) is 0. The van der Waals surface area contributed by atoms with Crippen molar-refractivity contribution in [1.29, 1.82) is 0 Å². The van der Waals surface area contributed by atoms with E-state index in [4.69, 9.17) is 0 Å². The maximum Gasteiger partial charge on any atom is 0.271 e. The zero-order valence-corrected chi connectivity index (χ0v) is 13.8. The highest BCUT2D eigenvalue weighted by molar-refractivity contribution is 5.94. The Bertz CT molecular complexity index is 568. The molecule has 2 aliphatic carbocycles. The van der Waals surface area contributed by atoms with Crippen LogP contribution in [-0.4, -0.2) is 12.1 Å². The quantitative estimate of drug-likeness (QED) is 0.661. The Morgan fingerprint density at radius 3 is 2.45 bits per heavy atom. The van der Waals surface area contributed by atoms with Crippen LogP contribution in [0.3, 0.4) is 0 Å². The first-order valence-electron chi connectivity index (χ1n) is 8.37. The SMILES string of the molecule is CC(C)(C)c1ccc(C(=O)N/N=C\[C@H]2C[C@H]3CC[C@H]2C3)cc1. The van der Waals surface area contributed by atoms with Gasteiger partial charge in [0, 0.05) is 11.8 Å². The molecule has 2 aliphatic rings. The molecule has 3 heteroatoms. The van der Waals surface area contributed by atoms with E-state index in [1.54, 1.807) is 0 Å². The van der Waals surface area contributed by atoms with Crippen LogP contribution in [0.1, 0.15) is 62.4 Å². The van der Waals surface area contributed by atoms with Crippen molar-refractivity contribution in [3.05, 3.63) is 35.4 Å². The molecule has 1 aromatic carbocycles. The highest BCUT2D eigenvalue weighted by atomic mass is 16.2. The lowest BCUT2D eigenvalue weighted by Gasteiger charge is -2.19. The summed E-state index contributed by atoms with van der Waals surface area (Å²) >= 11 is 0. The summed E-state index contributed by atoms with van der Waals surface area (Å²) in [5.74, 6) is 2.15. The first-order valence-corrected chi connectivity index (χ1v) is 8.37. The zero-order valence-electron chi connectivity index (χ0n) is 13.8. The minimum Gasteiger partial charge on any atom is -0.267 e. The molecule has 0 unspecified atom stereocenters. The number of fused-ring (bicyclic) bond motifs is 2. The lowest BCUT2D eigenvalue weighted by molar-refractivity contribution is 0.0954. The van der Waals surface area contributed by atoms with Gasteiger partial charge in [-0.25, -0.2) is 5.43 Å². The van der Waals surface area contributed by atoms with E-state index in [-0.39, 0.29) is 11.3 Å². The molecule has 0 aromatic heterocycles. The molecular weight excluding hydrogens is 272 g/mol. The van der Waals surface area contributed by atoms with Crippen molar-refractivity contribution in [1.82, 2.24) is 5.43 Å². The van der Waals surface area contributed by atoms with Crippen molar-refractivity contribution in [2.45, 2.75) is 51.9 Å². The van der Waals surface area contributed by atoms with Crippen molar-refractivity contribution >= 4 is 12.1 Å². The Hall–Kier alpha value is -1.64. The zero-order chi connectivity index (χ0) is 15.7. The van der Waals surface area contributed by atoms with Crippen molar-refractivity contribution < 1.29 is 4.79 Å². The van der Waals surface area contributed by atoms with E-state index in [1.807, 2.05) is 30.5 Å². The molecule has 3 atom stereocenters.